The van der Waals surface area contributed by atoms with Crippen molar-refractivity contribution >= 4 is 15.9 Å². The summed E-state index contributed by atoms with van der Waals surface area (Å²) in [6, 6.07) is 6.38. The van der Waals surface area contributed by atoms with Gasteiger partial charge in [0.15, 0.2) is 0 Å². The van der Waals surface area contributed by atoms with Crippen molar-refractivity contribution in [2.24, 2.45) is 5.73 Å². The van der Waals surface area contributed by atoms with Crippen molar-refractivity contribution in [2.45, 2.75) is 39.2 Å². The van der Waals surface area contributed by atoms with Gasteiger partial charge in [0, 0.05) is 10.0 Å². The van der Waals surface area contributed by atoms with Crippen LogP contribution in [0.2, 0.25) is 0 Å². The van der Waals surface area contributed by atoms with E-state index in [2.05, 4.69) is 48.0 Å². The van der Waals surface area contributed by atoms with Crippen molar-refractivity contribution in [3.63, 3.8) is 0 Å². The molecule has 0 heterocycles. The van der Waals surface area contributed by atoms with E-state index < -0.39 is 0 Å². The highest BCUT2D eigenvalue weighted by Gasteiger charge is 2.15. The van der Waals surface area contributed by atoms with Crippen LogP contribution in [0.5, 0.6) is 0 Å². The topological polar surface area (TPSA) is 26.0 Å². The van der Waals surface area contributed by atoms with Crippen molar-refractivity contribution in [3.8, 4) is 0 Å². The molecule has 0 amide bonds. The molecule has 0 radical (unpaired) electrons. The molecule has 0 atom stereocenters. The molecular weight excluding hydrogens is 238 g/mol. The van der Waals surface area contributed by atoms with Crippen molar-refractivity contribution < 1.29 is 0 Å². The molecule has 0 bridgehead atoms. The summed E-state index contributed by atoms with van der Waals surface area (Å²) in [7, 11) is 0. The first-order chi connectivity index (χ1) is 6.32. The number of hydrogen-bond donors (Lipinski definition) is 1. The number of hydrogen-bond acceptors (Lipinski definition) is 1. The van der Waals surface area contributed by atoms with E-state index in [0.717, 1.165) is 10.0 Å². The van der Waals surface area contributed by atoms with Gasteiger partial charge in [-0.2, -0.15) is 0 Å². The molecule has 1 aromatic rings. The Labute approximate surface area is 94.8 Å². The molecule has 0 unspecified atom stereocenters. The molecule has 0 saturated heterocycles. The fourth-order valence-electron chi connectivity index (χ4n) is 1.40. The molecule has 78 valence electrons. The van der Waals surface area contributed by atoms with Crippen LogP contribution in [0.4, 0.5) is 0 Å². The van der Waals surface area contributed by atoms with E-state index in [-0.39, 0.29) is 5.54 Å². The van der Waals surface area contributed by atoms with Crippen LogP contribution < -0.4 is 5.73 Å². The lowest BCUT2D eigenvalue weighted by molar-refractivity contribution is 0.553. The van der Waals surface area contributed by atoms with Gasteiger partial charge in [-0.25, -0.2) is 0 Å². The highest BCUT2D eigenvalue weighted by atomic mass is 79.9. The van der Waals surface area contributed by atoms with Crippen LogP contribution >= 0.6 is 15.9 Å². The molecule has 0 spiro atoms. The van der Waals surface area contributed by atoms with Crippen LogP contribution in [-0.2, 0) is 5.54 Å². The molecule has 1 aromatic carbocycles. The summed E-state index contributed by atoms with van der Waals surface area (Å²) in [6.45, 7) is 8.41. The zero-order chi connectivity index (χ0) is 10.9. The molecule has 0 saturated carbocycles. The minimum atomic E-state index is -0.266. The lowest BCUT2D eigenvalue weighted by Crippen LogP contribution is -2.28. The molecule has 0 aliphatic heterocycles. The largest absolute Gasteiger partial charge is 0.322 e. The quantitative estimate of drug-likeness (QED) is 0.856. The Morgan fingerprint density at radius 1 is 1.29 bits per heavy atom. The molecule has 14 heavy (non-hydrogen) atoms. The predicted octanol–water partition coefficient (Wildman–Crippen LogP) is 3.77. The molecular formula is C12H18BrN. The van der Waals surface area contributed by atoms with Crippen molar-refractivity contribution in [1.82, 2.24) is 0 Å². The Morgan fingerprint density at radius 2 is 1.86 bits per heavy atom. The second-order valence-electron chi connectivity index (χ2n) is 4.61. The summed E-state index contributed by atoms with van der Waals surface area (Å²) < 4.78 is 1.16. The van der Waals surface area contributed by atoms with Gasteiger partial charge in [0.05, 0.1) is 0 Å². The van der Waals surface area contributed by atoms with Crippen molar-refractivity contribution in [2.75, 3.05) is 0 Å². The highest BCUT2D eigenvalue weighted by Crippen LogP contribution is 2.28. The highest BCUT2D eigenvalue weighted by molar-refractivity contribution is 9.10. The van der Waals surface area contributed by atoms with Crippen LogP contribution in [0.15, 0.2) is 22.7 Å². The standard InChI is InChI=1S/C12H18BrN/c1-8(2)10-6-5-9(7-11(10)13)12(3,4)14/h5-8H,14H2,1-4H3. The maximum Gasteiger partial charge on any atom is 0.0352 e. The van der Waals surface area contributed by atoms with E-state index >= 15 is 0 Å². The third kappa shape index (κ3) is 2.58. The lowest BCUT2D eigenvalue weighted by atomic mass is 9.93. The van der Waals surface area contributed by atoms with Gasteiger partial charge in [0.2, 0.25) is 0 Å². The van der Waals surface area contributed by atoms with E-state index in [1.165, 1.54) is 5.56 Å². The van der Waals surface area contributed by atoms with E-state index in [0.29, 0.717) is 5.92 Å². The van der Waals surface area contributed by atoms with Gasteiger partial charge >= 0.3 is 0 Å². The van der Waals surface area contributed by atoms with E-state index in [4.69, 9.17) is 5.73 Å². The minimum absolute atomic E-state index is 0.266. The maximum absolute atomic E-state index is 6.03. The second-order valence-corrected chi connectivity index (χ2v) is 5.47. The summed E-state index contributed by atoms with van der Waals surface area (Å²) in [4.78, 5) is 0. The predicted molar refractivity (Wildman–Crippen MR) is 65.4 cm³/mol. The number of rotatable bonds is 2. The number of halogens is 1. The molecule has 0 aromatic heterocycles. The smallest absolute Gasteiger partial charge is 0.0352 e. The van der Waals surface area contributed by atoms with Gasteiger partial charge in [-0.15, -0.1) is 0 Å². The summed E-state index contributed by atoms with van der Waals surface area (Å²) in [5, 5.41) is 0. The summed E-state index contributed by atoms with van der Waals surface area (Å²) in [5.41, 5.74) is 8.26. The molecule has 1 nitrogen and oxygen atoms in total. The number of benzene rings is 1. The molecule has 2 heteroatoms. The van der Waals surface area contributed by atoms with E-state index in [1.807, 2.05) is 13.8 Å². The van der Waals surface area contributed by atoms with Gasteiger partial charge in [-0.05, 0) is 37.0 Å². The normalized spacial score (nSPS) is 12.2. The fourth-order valence-corrected chi connectivity index (χ4v) is 2.23. The monoisotopic (exact) mass is 255 g/mol. The lowest BCUT2D eigenvalue weighted by Gasteiger charge is -2.21. The van der Waals surface area contributed by atoms with Crippen LogP contribution in [0, 0.1) is 0 Å². The van der Waals surface area contributed by atoms with Crippen molar-refractivity contribution in [3.05, 3.63) is 33.8 Å². The third-order valence-electron chi connectivity index (χ3n) is 2.37. The van der Waals surface area contributed by atoms with E-state index in [1.54, 1.807) is 0 Å². The molecule has 0 aliphatic rings. The number of nitrogens with two attached hydrogens (primary N) is 1. The summed E-state index contributed by atoms with van der Waals surface area (Å²) >= 11 is 3.58. The SMILES string of the molecule is CC(C)c1ccc(C(C)(C)N)cc1Br. The Bertz CT molecular complexity index is 324. The Balaban J connectivity index is 3.13. The van der Waals surface area contributed by atoms with Crippen LogP contribution in [0.3, 0.4) is 0 Å². The van der Waals surface area contributed by atoms with Crippen LogP contribution in [-0.4, -0.2) is 0 Å². The average molecular weight is 256 g/mol. The minimum Gasteiger partial charge on any atom is -0.322 e. The first kappa shape index (κ1) is 11.7. The maximum atomic E-state index is 6.03. The Hall–Kier alpha value is -0.340. The molecule has 0 fully saturated rings. The second kappa shape index (κ2) is 4.03. The Morgan fingerprint density at radius 3 is 2.21 bits per heavy atom. The summed E-state index contributed by atoms with van der Waals surface area (Å²) in [6.07, 6.45) is 0. The van der Waals surface area contributed by atoms with Crippen LogP contribution in [0.25, 0.3) is 0 Å². The zero-order valence-electron chi connectivity index (χ0n) is 9.26. The van der Waals surface area contributed by atoms with Crippen molar-refractivity contribution in [1.29, 1.82) is 0 Å². The Kier molecular flexibility index (Phi) is 3.38. The van der Waals surface area contributed by atoms with Gasteiger partial charge in [0.1, 0.15) is 0 Å². The fraction of sp³-hybridized carbons (Fsp3) is 0.500. The summed E-state index contributed by atoms with van der Waals surface area (Å²) in [5.74, 6) is 0.541. The third-order valence-corrected chi connectivity index (χ3v) is 3.05. The first-order valence-electron chi connectivity index (χ1n) is 4.91. The van der Waals surface area contributed by atoms with Gasteiger partial charge < -0.3 is 5.73 Å². The van der Waals surface area contributed by atoms with Crippen LogP contribution in [0.1, 0.15) is 44.7 Å². The molecule has 1 rings (SSSR count). The van der Waals surface area contributed by atoms with E-state index in [9.17, 15) is 0 Å². The molecule has 2 N–H and O–H groups in total. The molecule has 0 aliphatic carbocycles. The van der Waals surface area contributed by atoms with Gasteiger partial charge in [-0.3, -0.25) is 0 Å². The van der Waals surface area contributed by atoms with Gasteiger partial charge in [0.25, 0.3) is 0 Å². The first-order valence-corrected chi connectivity index (χ1v) is 5.70. The van der Waals surface area contributed by atoms with Gasteiger partial charge in [-0.1, -0.05) is 41.9 Å². The average Bonchev–Trinajstić information content (AvgIpc) is 2.01. The zero-order valence-corrected chi connectivity index (χ0v) is 10.9.